The molecule has 0 bridgehead atoms. The van der Waals surface area contributed by atoms with Crippen LogP contribution in [0, 0.1) is 0 Å². The second-order valence-electron chi connectivity index (χ2n) is 3.39. The summed E-state index contributed by atoms with van der Waals surface area (Å²) in [6.45, 7) is 2.86. The molecule has 13 heavy (non-hydrogen) atoms. The van der Waals surface area contributed by atoms with Gasteiger partial charge in [0.05, 0.1) is 23.9 Å². The minimum atomic E-state index is 0.0243. The second kappa shape index (κ2) is 3.38. The number of fused-ring (bicyclic) bond motifs is 1. The van der Waals surface area contributed by atoms with Gasteiger partial charge in [-0.15, -0.1) is 0 Å². The number of thioether (sulfide) groups is 1. The summed E-state index contributed by atoms with van der Waals surface area (Å²) in [4.78, 5) is 13.2. The summed E-state index contributed by atoms with van der Waals surface area (Å²) < 4.78 is 0. The molecule has 2 amide bonds. The van der Waals surface area contributed by atoms with Crippen LogP contribution in [0.1, 0.15) is 6.92 Å². The lowest BCUT2D eigenvalue weighted by Crippen LogP contribution is -2.41. The lowest BCUT2D eigenvalue weighted by Gasteiger charge is -2.24. The number of nitrogens with one attached hydrogen (secondary N) is 1. The highest BCUT2D eigenvalue weighted by Gasteiger charge is 2.47. The second-order valence-corrected chi connectivity index (χ2v) is 4.66. The zero-order valence-electron chi connectivity index (χ0n) is 7.56. The first kappa shape index (κ1) is 9.15. The van der Waals surface area contributed by atoms with E-state index < -0.39 is 0 Å². The number of hydrogen-bond donors (Lipinski definition) is 2. The molecule has 0 radical (unpaired) electrons. The molecular weight excluding hydrogens is 188 g/mol. The van der Waals surface area contributed by atoms with Crippen molar-refractivity contribution in [3.05, 3.63) is 0 Å². The van der Waals surface area contributed by atoms with Gasteiger partial charge in [0.1, 0.15) is 0 Å². The number of carbonyl (C=O) groups is 1. The molecule has 0 aromatic carbocycles. The molecule has 3 atom stereocenters. The molecule has 0 aromatic rings. The summed E-state index contributed by atoms with van der Waals surface area (Å²) in [5.41, 5.74) is 0. The van der Waals surface area contributed by atoms with Crippen LogP contribution in [0.25, 0.3) is 0 Å². The first-order valence-electron chi connectivity index (χ1n) is 4.57. The molecule has 0 unspecified atom stereocenters. The summed E-state index contributed by atoms with van der Waals surface area (Å²) in [6.07, 6.45) is 0. The van der Waals surface area contributed by atoms with Crippen molar-refractivity contribution >= 4 is 17.8 Å². The Morgan fingerprint density at radius 2 is 2.54 bits per heavy atom. The Balaban J connectivity index is 2.15. The molecule has 2 saturated heterocycles. The fraction of sp³-hybridized carbons (Fsp3) is 0.875. The van der Waals surface area contributed by atoms with E-state index in [1.165, 1.54) is 0 Å². The van der Waals surface area contributed by atoms with Crippen molar-refractivity contribution in [2.45, 2.75) is 24.3 Å². The predicted molar refractivity (Wildman–Crippen MR) is 51.8 cm³/mol. The lowest BCUT2D eigenvalue weighted by molar-refractivity contribution is 0.193. The van der Waals surface area contributed by atoms with Gasteiger partial charge in [0.2, 0.25) is 0 Å². The number of carbonyl (C=O) groups excluding carboxylic acids is 1. The highest BCUT2D eigenvalue weighted by molar-refractivity contribution is 8.00. The van der Waals surface area contributed by atoms with Gasteiger partial charge < -0.3 is 15.3 Å². The van der Waals surface area contributed by atoms with Crippen LogP contribution in [-0.4, -0.2) is 52.3 Å². The number of likely N-dealkylation sites (N-methyl/N-ethyl adjacent to an activating group) is 1. The molecule has 0 aromatic heterocycles. The quantitative estimate of drug-likeness (QED) is 0.614. The highest BCUT2D eigenvalue weighted by atomic mass is 32.2. The van der Waals surface area contributed by atoms with Crippen LogP contribution in [0.15, 0.2) is 0 Å². The zero-order valence-corrected chi connectivity index (χ0v) is 8.38. The Kier molecular flexibility index (Phi) is 2.38. The van der Waals surface area contributed by atoms with Crippen LogP contribution in [-0.2, 0) is 0 Å². The largest absolute Gasteiger partial charge is 0.395 e. The summed E-state index contributed by atoms with van der Waals surface area (Å²) in [6, 6.07) is 0.471. The number of aliphatic hydroxyl groups is 1. The topological polar surface area (TPSA) is 52.6 Å². The third kappa shape index (κ3) is 1.30. The molecule has 2 aliphatic rings. The third-order valence-electron chi connectivity index (χ3n) is 2.73. The fourth-order valence-corrected chi connectivity index (χ4v) is 3.49. The molecule has 5 heteroatoms. The van der Waals surface area contributed by atoms with Gasteiger partial charge in [-0.2, -0.15) is 11.8 Å². The maximum Gasteiger partial charge on any atom is 0.318 e. The van der Waals surface area contributed by atoms with Gasteiger partial charge in [0.15, 0.2) is 0 Å². The van der Waals surface area contributed by atoms with Gasteiger partial charge in [0, 0.05) is 12.3 Å². The molecule has 2 N–H and O–H groups in total. The van der Waals surface area contributed by atoms with E-state index >= 15 is 0 Å². The predicted octanol–water partition coefficient (Wildman–Crippen LogP) is -0.124. The van der Waals surface area contributed by atoms with Crippen molar-refractivity contribution in [1.82, 2.24) is 10.2 Å². The van der Waals surface area contributed by atoms with Gasteiger partial charge in [-0.3, -0.25) is 0 Å². The van der Waals surface area contributed by atoms with Gasteiger partial charge in [-0.1, -0.05) is 0 Å². The summed E-state index contributed by atoms with van der Waals surface area (Å²) in [7, 11) is 0. The van der Waals surface area contributed by atoms with Gasteiger partial charge in [0.25, 0.3) is 0 Å². The molecule has 74 valence electrons. The summed E-state index contributed by atoms with van der Waals surface area (Å²) in [5.74, 6) is 0.929. The number of rotatable bonds is 2. The van der Waals surface area contributed by atoms with Crippen LogP contribution in [0.4, 0.5) is 4.79 Å². The van der Waals surface area contributed by atoms with Gasteiger partial charge in [-0.05, 0) is 6.92 Å². The van der Waals surface area contributed by atoms with Gasteiger partial charge in [-0.25, -0.2) is 4.79 Å². The van der Waals surface area contributed by atoms with E-state index in [1.807, 2.05) is 11.8 Å². The Labute approximate surface area is 81.7 Å². The number of hydrogen-bond acceptors (Lipinski definition) is 3. The number of urea groups is 1. The minimum absolute atomic E-state index is 0.0243. The van der Waals surface area contributed by atoms with E-state index in [4.69, 9.17) is 5.11 Å². The smallest absolute Gasteiger partial charge is 0.318 e. The van der Waals surface area contributed by atoms with Crippen molar-refractivity contribution in [2.75, 3.05) is 18.9 Å². The van der Waals surface area contributed by atoms with Crippen LogP contribution in [0.2, 0.25) is 0 Å². The van der Waals surface area contributed by atoms with E-state index in [0.717, 1.165) is 12.3 Å². The maximum absolute atomic E-state index is 11.4. The first-order valence-corrected chi connectivity index (χ1v) is 5.62. The monoisotopic (exact) mass is 202 g/mol. The standard InChI is InChI=1S/C8H14N2O2S/c1-2-10-7-5(9-8(10)12)4-13-6(7)3-11/h5-7,11H,2-4H2,1H3,(H,9,12)/t5-,6-,7-/m0/s1. The van der Waals surface area contributed by atoms with E-state index in [1.54, 1.807) is 11.8 Å². The summed E-state index contributed by atoms with van der Waals surface area (Å²) >= 11 is 1.75. The molecule has 4 nitrogen and oxygen atoms in total. The normalized spacial score (nSPS) is 37.8. The average Bonchev–Trinajstić information content (AvgIpc) is 2.62. The minimum Gasteiger partial charge on any atom is -0.395 e. The van der Waals surface area contributed by atoms with E-state index in [0.29, 0.717) is 0 Å². The van der Waals surface area contributed by atoms with Crippen molar-refractivity contribution in [2.24, 2.45) is 0 Å². The maximum atomic E-state index is 11.4. The first-order chi connectivity index (χ1) is 6.27. The number of aliphatic hydroxyl groups excluding tert-OH is 1. The summed E-state index contributed by atoms with van der Waals surface area (Å²) in [5, 5.41) is 12.3. The number of nitrogens with zero attached hydrogens (tertiary/aromatic N) is 1. The van der Waals surface area contributed by atoms with Gasteiger partial charge >= 0.3 is 6.03 Å². The third-order valence-corrected chi connectivity index (χ3v) is 4.14. The Morgan fingerprint density at radius 3 is 3.15 bits per heavy atom. The molecule has 0 aliphatic carbocycles. The van der Waals surface area contributed by atoms with Crippen molar-refractivity contribution in [1.29, 1.82) is 0 Å². The van der Waals surface area contributed by atoms with Crippen LogP contribution in [0.5, 0.6) is 0 Å². The van der Waals surface area contributed by atoms with Crippen molar-refractivity contribution < 1.29 is 9.90 Å². The van der Waals surface area contributed by atoms with Crippen LogP contribution >= 0.6 is 11.8 Å². The molecule has 0 spiro atoms. The van der Waals surface area contributed by atoms with Crippen LogP contribution in [0.3, 0.4) is 0 Å². The van der Waals surface area contributed by atoms with E-state index in [-0.39, 0.29) is 30.0 Å². The average molecular weight is 202 g/mol. The lowest BCUT2D eigenvalue weighted by atomic mass is 10.1. The Bertz CT molecular complexity index is 224. The van der Waals surface area contributed by atoms with E-state index in [9.17, 15) is 4.79 Å². The molecular formula is C8H14N2O2S. The SMILES string of the molecule is CCN1C(=O)N[C@H]2CS[C@@H](CO)[C@H]21. The molecule has 2 aliphatic heterocycles. The Morgan fingerprint density at radius 1 is 1.77 bits per heavy atom. The number of amides is 2. The molecule has 2 fully saturated rings. The van der Waals surface area contributed by atoms with E-state index in [2.05, 4.69) is 5.32 Å². The zero-order chi connectivity index (χ0) is 9.42. The molecule has 0 saturated carbocycles. The molecule has 2 rings (SSSR count). The Hall–Kier alpha value is -0.420. The van der Waals surface area contributed by atoms with Crippen molar-refractivity contribution in [3.8, 4) is 0 Å². The highest BCUT2D eigenvalue weighted by Crippen LogP contribution is 2.33. The van der Waals surface area contributed by atoms with Crippen molar-refractivity contribution in [3.63, 3.8) is 0 Å². The van der Waals surface area contributed by atoms with Crippen LogP contribution < -0.4 is 5.32 Å². The molecule has 2 heterocycles. The fourth-order valence-electron chi connectivity index (χ4n) is 2.12.